The van der Waals surface area contributed by atoms with Crippen molar-refractivity contribution in [3.05, 3.63) is 27.3 Å². The molecule has 2 rings (SSSR count). The molecule has 1 aromatic carbocycles. The van der Waals surface area contributed by atoms with E-state index in [0.717, 1.165) is 24.3 Å². The van der Waals surface area contributed by atoms with Crippen molar-refractivity contribution in [2.45, 2.75) is 27.2 Å². The Hall–Kier alpha value is -0.620. The first-order valence-electron chi connectivity index (χ1n) is 7.22. The smallest absolute Gasteiger partial charge is 0.238 e. The Morgan fingerprint density at radius 2 is 2.00 bits per heavy atom. The molecule has 0 spiro atoms. The second kappa shape index (κ2) is 6.89. The Morgan fingerprint density at radius 3 is 2.60 bits per heavy atom. The number of aryl methyl sites for hydroxylation is 1. The minimum atomic E-state index is 0.0932. The van der Waals surface area contributed by atoms with E-state index in [4.69, 9.17) is 0 Å². The van der Waals surface area contributed by atoms with E-state index < -0.39 is 0 Å². The van der Waals surface area contributed by atoms with Crippen LogP contribution in [0.4, 0.5) is 5.69 Å². The lowest BCUT2D eigenvalue weighted by atomic mass is 9.92. The second-order valence-electron chi connectivity index (χ2n) is 6.15. The largest absolute Gasteiger partial charge is 0.325 e. The van der Waals surface area contributed by atoms with Gasteiger partial charge in [-0.25, -0.2) is 0 Å². The van der Waals surface area contributed by atoms with Crippen molar-refractivity contribution in [2.24, 2.45) is 11.8 Å². The molecule has 110 valence electrons. The second-order valence-corrected chi connectivity index (χ2v) is 7.39. The Balaban J connectivity index is 1.92. The van der Waals surface area contributed by atoms with Crippen molar-refractivity contribution in [1.82, 2.24) is 4.90 Å². The number of carbonyl (C=O) groups excluding carboxylic acids is 1. The Bertz CT molecular complexity index is 479. The molecule has 0 bridgehead atoms. The first-order valence-corrected chi connectivity index (χ1v) is 8.30. The lowest BCUT2D eigenvalue weighted by Gasteiger charge is -2.34. The Labute approximate surface area is 135 Å². The van der Waals surface area contributed by atoms with Crippen LogP contribution in [0.25, 0.3) is 0 Å². The maximum Gasteiger partial charge on any atom is 0.238 e. The van der Waals surface area contributed by atoms with Crippen molar-refractivity contribution in [1.29, 1.82) is 0 Å². The van der Waals surface area contributed by atoms with Gasteiger partial charge in [0.1, 0.15) is 0 Å². The summed E-state index contributed by atoms with van der Waals surface area (Å²) in [6.45, 7) is 9.13. The molecular formula is C16H23IN2O. The van der Waals surface area contributed by atoms with Crippen molar-refractivity contribution in [2.75, 3.05) is 25.0 Å². The number of anilines is 1. The number of amides is 1. The Morgan fingerprint density at radius 1 is 1.35 bits per heavy atom. The third-order valence-corrected chi connectivity index (χ3v) is 4.45. The van der Waals surface area contributed by atoms with E-state index in [1.54, 1.807) is 0 Å². The number of benzene rings is 1. The Kier molecular flexibility index (Phi) is 5.43. The molecule has 0 unspecified atom stereocenters. The zero-order chi connectivity index (χ0) is 14.7. The molecular weight excluding hydrogens is 363 g/mol. The lowest BCUT2D eigenvalue weighted by Crippen LogP contribution is -2.42. The van der Waals surface area contributed by atoms with E-state index >= 15 is 0 Å². The minimum Gasteiger partial charge on any atom is -0.325 e. The molecule has 0 radical (unpaired) electrons. The predicted molar refractivity (Wildman–Crippen MR) is 91.9 cm³/mol. The monoisotopic (exact) mass is 386 g/mol. The fraction of sp³-hybridized carbons (Fsp3) is 0.562. The third kappa shape index (κ3) is 4.45. The van der Waals surface area contributed by atoms with Crippen LogP contribution in [-0.2, 0) is 4.79 Å². The summed E-state index contributed by atoms with van der Waals surface area (Å²) >= 11 is 2.28. The number of carbonyl (C=O) groups is 1. The third-order valence-electron chi connectivity index (χ3n) is 3.77. The molecule has 4 heteroatoms. The molecule has 1 aromatic rings. The first-order chi connectivity index (χ1) is 9.44. The van der Waals surface area contributed by atoms with Gasteiger partial charge in [0.05, 0.1) is 6.54 Å². The maximum atomic E-state index is 12.2. The number of nitrogens with zero attached hydrogens (tertiary/aromatic N) is 1. The molecule has 0 aliphatic carbocycles. The molecule has 1 amide bonds. The number of rotatable bonds is 3. The van der Waals surface area contributed by atoms with Gasteiger partial charge < -0.3 is 5.32 Å². The number of nitrogens with one attached hydrogen (secondary N) is 1. The number of hydrogen-bond donors (Lipinski definition) is 1. The van der Waals surface area contributed by atoms with Gasteiger partial charge in [0.2, 0.25) is 5.91 Å². The molecule has 20 heavy (non-hydrogen) atoms. The summed E-state index contributed by atoms with van der Waals surface area (Å²) in [6.07, 6.45) is 1.27. The van der Waals surface area contributed by atoms with Gasteiger partial charge in [-0.1, -0.05) is 13.8 Å². The molecule has 0 aromatic heterocycles. The minimum absolute atomic E-state index is 0.0932. The van der Waals surface area contributed by atoms with Crippen LogP contribution in [0, 0.1) is 22.3 Å². The van der Waals surface area contributed by atoms with Gasteiger partial charge in [-0.15, -0.1) is 0 Å². The highest BCUT2D eigenvalue weighted by Gasteiger charge is 2.23. The van der Waals surface area contributed by atoms with Crippen LogP contribution in [0.1, 0.15) is 25.8 Å². The van der Waals surface area contributed by atoms with Crippen LogP contribution in [0.5, 0.6) is 0 Å². The SMILES string of the molecule is Cc1cc(I)ccc1NC(=O)CN1C[C@H](C)C[C@H](C)C1. The lowest BCUT2D eigenvalue weighted by molar-refractivity contribution is -0.117. The fourth-order valence-corrected chi connectivity index (χ4v) is 3.73. The normalized spacial score (nSPS) is 23.6. The van der Waals surface area contributed by atoms with Crippen LogP contribution >= 0.6 is 22.6 Å². The van der Waals surface area contributed by atoms with Crippen LogP contribution in [0.15, 0.2) is 18.2 Å². The van der Waals surface area contributed by atoms with Gasteiger partial charge in [-0.05, 0) is 71.5 Å². The standard InChI is InChI=1S/C16H23IN2O/c1-11-6-12(2)9-19(8-11)10-16(20)18-15-5-4-14(17)7-13(15)3/h4-5,7,11-12H,6,8-10H2,1-3H3,(H,18,20)/t11-,12+. The van der Waals surface area contributed by atoms with Crippen LogP contribution in [0.2, 0.25) is 0 Å². The molecule has 3 nitrogen and oxygen atoms in total. The van der Waals surface area contributed by atoms with Gasteiger partial charge in [0.25, 0.3) is 0 Å². The molecule has 1 aliphatic heterocycles. The van der Waals surface area contributed by atoms with Gasteiger partial charge in [-0.2, -0.15) is 0 Å². The molecule has 1 N–H and O–H groups in total. The topological polar surface area (TPSA) is 32.3 Å². The number of piperidine rings is 1. The summed E-state index contributed by atoms with van der Waals surface area (Å²) in [5.74, 6) is 1.47. The first kappa shape index (κ1) is 15.8. The summed E-state index contributed by atoms with van der Waals surface area (Å²) in [4.78, 5) is 14.5. The van der Waals surface area contributed by atoms with E-state index in [2.05, 4.69) is 52.7 Å². The van der Waals surface area contributed by atoms with Crippen molar-refractivity contribution in [3.8, 4) is 0 Å². The van der Waals surface area contributed by atoms with E-state index in [-0.39, 0.29) is 5.91 Å². The maximum absolute atomic E-state index is 12.2. The van der Waals surface area contributed by atoms with Crippen molar-refractivity contribution in [3.63, 3.8) is 0 Å². The van der Waals surface area contributed by atoms with E-state index in [1.807, 2.05) is 19.1 Å². The van der Waals surface area contributed by atoms with Crippen LogP contribution in [0.3, 0.4) is 0 Å². The van der Waals surface area contributed by atoms with Crippen LogP contribution in [-0.4, -0.2) is 30.4 Å². The molecule has 1 heterocycles. The van der Waals surface area contributed by atoms with Crippen LogP contribution < -0.4 is 5.32 Å². The summed E-state index contributed by atoms with van der Waals surface area (Å²) in [7, 11) is 0. The number of halogens is 1. The van der Waals surface area contributed by atoms with Gasteiger partial charge in [0.15, 0.2) is 0 Å². The number of likely N-dealkylation sites (tertiary alicyclic amines) is 1. The zero-order valence-corrected chi connectivity index (χ0v) is 14.6. The molecule has 1 aliphatic rings. The highest BCUT2D eigenvalue weighted by atomic mass is 127. The van der Waals surface area contributed by atoms with Crippen molar-refractivity contribution < 1.29 is 4.79 Å². The van der Waals surface area contributed by atoms with Gasteiger partial charge >= 0.3 is 0 Å². The van der Waals surface area contributed by atoms with E-state index in [0.29, 0.717) is 18.4 Å². The number of hydrogen-bond acceptors (Lipinski definition) is 2. The van der Waals surface area contributed by atoms with Crippen molar-refractivity contribution >= 4 is 34.2 Å². The average Bonchev–Trinajstić information content (AvgIpc) is 2.31. The summed E-state index contributed by atoms with van der Waals surface area (Å²) in [5, 5.41) is 3.03. The molecule has 1 saturated heterocycles. The summed E-state index contributed by atoms with van der Waals surface area (Å²) < 4.78 is 1.19. The average molecular weight is 386 g/mol. The quantitative estimate of drug-likeness (QED) is 0.807. The summed E-state index contributed by atoms with van der Waals surface area (Å²) in [6, 6.07) is 6.09. The molecule has 0 saturated carbocycles. The summed E-state index contributed by atoms with van der Waals surface area (Å²) in [5.41, 5.74) is 2.04. The zero-order valence-electron chi connectivity index (χ0n) is 12.4. The predicted octanol–water partition coefficient (Wildman–Crippen LogP) is 3.52. The molecule has 2 atom stereocenters. The van der Waals surface area contributed by atoms with E-state index in [1.165, 1.54) is 9.99 Å². The van der Waals surface area contributed by atoms with E-state index in [9.17, 15) is 4.79 Å². The highest BCUT2D eigenvalue weighted by Crippen LogP contribution is 2.21. The van der Waals surface area contributed by atoms with Gasteiger partial charge in [0, 0.05) is 22.3 Å². The fourth-order valence-electron chi connectivity index (χ4n) is 3.08. The highest BCUT2D eigenvalue weighted by molar-refractivity contribution is 14.1. The van der Waals surface area contributed by atoms with Gasteiger partial charge in [-0.3, -0.25) is 9.69 Å². The molecule has 1 fully saturated rings.